The molecular weight excluding hydrogens is 398 g/mol. The van der Waals surface area contributed by atoms with E-state index in [1.54, 1.807) is 24.3 Å². The summed E-state index contributed by atoms with van der Waals surface area (Å²) in [5.41, 5.74) is 0.537. The van der Waals surface area contributed by atoms with Gasteiger partial charge in [0.2, 0.25) is 0 Å². The standard InChI is InChI=1S/C23H27N3O5/c1-26-17-10-6-5-9-16(17)11-18(26)22(29)24-12-19-20(27)23(30,14-31-19)13-25-21(28)15-7-3-2-4-8-15/h2-11,19-20,22,24,27,29-30H,12-14H2,1H3,(H,25,28)/t19-,20-,22?,23+/m1/s1. The van der Waals surface area contributed by atoms with Gasteiger partial charge in [0.1, 0.15) is 17.9 Å². The number of benzene rings is 2. The molecule has 8 heteroatoms. The number of hydrogen-bond donors (Lipinski definition) is 5. The van der Waals surface area contributed by atoms with Crippen LogP contribution in [0.5, 0.6) is 0 Å². The molecule has 1 amide bonds. The molecule has 1 aliphatic rings. The molecule has 0 spiro atoms. The lowest BCUT2D eigenvalue weighted by Gasteiger charge is -2.27. The van der Waals surface area contributed by atoms with Crippen molar-refractivity contribution in [1.29, 1.82) is 0 Å². The fraction of sp³-hybridized carbons (Fsp3) is 0.348. The summed E-state index contributed by atoms with van der Waals surface area (Å²) in [6, 6.07) is 18.4. The number of aliphatic hydroxyl groups excluding tert-OH is 2. The predicted molar refractivity (Wildman–Crippen MR) is 115 cm³/mol. The average Bonchev–Trinajstić information content (AvgIpc) is 3.28. The predicted octanol–water partition coefficient (Wildman–Crippen LogP) is 0.680. The van der Waals surface area contributed by atoms with Crippen LogP contribution in [0.4, 0.5) is 0 Å². The van der Waals surface area contributed by atoms with Crippen LogP contribution in [-0.4, -0.2) is 63.3 Å². The largest absolute Gasteiger partial charge is 0.387 e. The minimum Gasteiger partial charge on any atom is -0.387 e. The van der Waals surface area contributed by atoms with Gasteiger partial charge in [-0.05, 0) is 29.7 Å². The van der Waals surface area contributed by atoms with Gasteiger partial charge in [-0.2, -0.15) is 0 Å². The number of aliphatic hydroxyl groups is 3. The summed E-state index contributed by atoms with van der Waals surface area (Å²) in [6.07, 6.45) is -2.93. The first-order valence-corrected chi connectivity index (χ1v) is 10.2. The first-order valence-electron chi connectivity index (χ1n) is 10.2. The molecule has 2 aromatic carbocycles. The van der Waals surface area contributed by atoms with Crippen LogP contribution in [0.1, 0.15) is 22.3 Å². The van der Waals surface area contributed by atoms with E-state index in [1.807, 2.05) is 48.0 Å². The lowest BCUT2D eigenvalue weighted by molar-refractivity contribution is -0.0477. The molecule has 2 heterocycles. The van der Waals surface area contributed by atoms with Gasteiger partial charge in [-0.3, -0.25) is 10.1 Å². The second-order valence-electron chi connectivity index (χ2n) is 7.94. The van der Waals surface area contributed by atoms with E-state index in [2.05, 4.69) is 10.6 Å². The van der Waals surface area contributed by atoms with Crippen LogP contribution in [0.2, 0.25) is 0 Å². The van der Waals surface area contributed by atoms with Crippen LogP contribution >= 0.6 is 0 Å². The van der Waals surface area contributed by atoms with Gasteiger partial charge in [-0.1, -0.05) is 36.4 Å². The molecule has 1 unspecified atom stereocenters. The highest BCUT2D eigenvalue weighted by molar-refractivity contribution is 5.94. The third kappa shape index (κ3) is 4.34. The maximum atomic E-state index is 12.2. The van der Waals surface area contributed by atoms with E-state index in [-0.39, 0.29) is 25.6 Å². The Labute approximate surface area is 180 Å². The van der Waals surface area contributed by atoms with Crippen LogP contribution in [0.3, 0.4) is 0 Å². The Bertz CT molecular complexity index is 1050. The lowest BCUT2D eigenvalue weighted by atomic mass is 9.96. The number of ether oxygens (including phenoxy) is 1. The Hall–Kier alpha value is -2.75. The van der Waals surface area contributed by atoms with Gasteiger partial charge in [0.05, 0.1) is 24.9 Å². The van der Waals surface area contributed by atoms with Crippen molar-refractivity contribution in [3.63, 3.8) is 0 Å². The summed E-state index contributed by atoms with van der Waals surface area (Å²) >= 11 is 0. The zero-order chi connectivity index (χ0) is 22.0. The molecule has 4 rings (SSSR count). The third-order valence-corrected chi connectivity index (χ3v) is 5.82. The van der Waals surface area contributed by atoms with Crippen molar-refractivity contribution < 1.29 is 24.9 Å². The number of amides is 1. The molecule has 164 valence electrons. The minimum atomic E-state index is -1.61. The molecule has 0 bridgehead atoms. The first-order chi connectivity index (χ1) is 14.9. The number of nitrogens with one attached hydrogen (secondary N) is 2. The molecule has 1 aliphatic heterocycles. The van der Waals surface area contributed by atoms with E-state index in [9.17, 15) is 20.1 Å². The quantitative estimate of drug-likeness (QED) is 0.356. The van der Waals surface area contributed by atoms with E-state index in [4.69, 9.17) is 4.74 Å². The molecule has 8 nitrogen and oxygen atoms in total. The Kier molecular flexibility index (Phi) is 6.08. The molecule has 31 heavy (non-hydrogen) atoms. The molecular formula is C23H27N3O5. The molecule has 0 aliphatic carbocycles. The van der Waals surface area contributed by atoms with Gasteiger partial charge < -0.3 is 29.9 Å². The van der Waals surface area contributed by atoms with E-state index in [1.165, 1.54) is 0 Å². The topological polar surface area (TPSA) is 116 Å². The Morgan fingerprint density at radius 1 is 1.23 bits per heavy atom. The zero-order valence-electron chi connectivity index (χ0n) is 17.2. The van der Waals surface area contributed by atoms with Crippen molar-refractivity contribution in [2.75, 3.05) is 19.7 Å². The molecule has 5 N–H and O–H groups in total. The van der Waals surface area contributed by atoms with Crippen molar-refractivity contribution in [1.82, 2.24) is 15.2 Å². The van der Waals surface area contributed by atoms with Gasteiger partial charge in [-0.25, -0.2) is 0 Å². The second-order valence-corrected chi connectivity index (χ2v) is 7.94. The highest BCUT2D eigenvalue weighted by Gasteiger charge is 2.48. The fourth-order valence-electron chi connectivity index (χ4n) is 3.93. The molecule has 4 atom stereocenters. The van der Waals surface area contributed by atoms with Crippen molar-refractivity contribution in [2.24, 2.45) is 7.05 Å². The Balaban J connectivity index is 1.33. The van der Waals surface area contributed by atoms with Crippen LogP contribution in [0.25, 0.3) is 10.9 Å². The fourth-order valence-corrected chi connectivity index (χ4v) is 3.93. The molecule has 0 radical (unpaired) electrons. The third-order valence-electron chi connectivity index (χ3n) is 5.82. The SMILES string of the molecule is Cn1c(C(O)NC[C@H]2OC[C@@](O)(CNC(=O)c3ccccc3)[C@@H]2O)cc2ccccc21. The number of fused-ring (bicyclic) bond motifs is 1. The summed E-state index contributed by atoms with van der Waals surface area (Å²) in [4.78, 5) is 12.2. The molecule has 1 aromatic heterocycles. The van der Waals surface area contributed by atoms with Gasteiger partial charge in [0, 0.05) is 24.7 Å². The number of nitrogens with zero attached hydrogens (tertiary/aromatic N) is 1. The van der Waals surface area contributed by atoms with Crippen LogP contribution in [0, 0.1) is 0 Å². The number of rotatable bonds is 7. The normalized spacial score (nSPS) is 24.4. The average molecular weight is 425 g/mol. The number of carbonyl (C=O) groups is 1. The molecule has 3 aromatic rings. The zero-order valence-corrected chi connectivity index (χ0v) is 17.2. The molecule has 0 saturated carbocycles. The maximum Gasteiger partial charge on any atom is 0.251 e. The number of aryl methyl sites for hydroxylation is 1. The van der Waals surface area contributed by atoms with Crippen LogP contribution < -0.4 is 10.6 Å². The summed E-state index contributed by atoms with van der Waals surface area (Å²) in [7, 11) is 1.87. The van der Waals surface area contributed by atoms with Gasteiger partial charge >= 0.3 is 0 Å². The van der Waals surface area contributed by atoms with Gasteiger partial charge in [-0.15, -0.1) is 0 Å². The highest BCUT2D eigenvalue weighted by atomic mass is 16.5. The summed E-state index contributed by atoms with van der Waals surface area (Å²) in [5.74, 6) is -0.339. The van der Waals surface area contributed by atoms with E-state index in [0.717, 1.165) is 10.9 Å². The first kappa shape index (κ1) is 21.5. The number of hydrogen-bond acceptors (Lipinski definition) is 6. The van der Waals surface area contributed by atoms with Crippen molar-refractivity contribution in [3.05, 3.63) is 71.9 Å². The van der Waals surface area contributed by atoms with Gasteiger partial charge in [0.15, 0.2) is 0 Å². The summed E-state index contributed by atoms with van der Waals surface area (Å²) < 4.78 is 7.46. The minimum absolute atomic E-state index is 0.124. The number of para-hydroxylation sites is 1. The number of aromatic nitrogens is 1. The second kappa shape index (κ2) is 8.78. The van der Waals surface area contributed by atoms with E-state index < -0.39 is 24.0 Å². The van der Waals surface area contributed by atoms with E-state index >= 15 is 0 Å². The molecule has 1 fully saturated rings. The maximum absolute atomic E-state index is 12.2. The molecule has 1 saturated heterocycles. The van der Waals surface area contributed by atoms with Gasteiger partial charge in [0.25, 0.3) is 5.91 Å². The van der Waals surface area contributed by atoms with Crippen LogP contribution in [-0.2, 0) is 11.8 Å². The monoisotopic (exact) mass is 425 g/mol. The summed E-state index contributed by atoms with van der Waals surface area (Å²) in [5, 5.41) is 38.6. The summed E-state index contributed by atoms with van der Waals surface area (Å²) in [6.45, 7) is -0.150. The van der Waals surface area contributed by atoms with Crippen molar-refractivity contribution >= 4 is 16.8 Å². The Morgan fingerprint density at radius 3 is 2.68 bits per heavy atom. The van der Waals surface area contributed by atoms with Crippen molar-refractivity contribution in [2.45, 2.75) is 24.0 Å². The van der Waals surface area contributed by atoms with E-state index in [0.29, 0.717) is 11.3 Å². The van der Waals surface area contributed by atoms with Crippen molar-refractivity contribution in [3.8, 4) is 0 Å². The highest BCUT2D eigenvalue weighted by Crippen LogP contribution is 2.26. The smallest absolute Gasteiger partial charge is 0.251 e. The number of carbonyl (C=O) groups excluding carboxylic acids is 1. The van der Waals surface area contributed by atoms with Crippen LogP contribution in [0.15, 0.2) is 60.7 Å². The lowest BCUT2D eigenvalue weighted by Crippen LogP contribution is -2.53. The Morgan fingerprint density at radius 2 is 1.94 bits per heavy atom.